The van der Waals surface area contributed by atoms with Crippen molar-refractivity contribution in [2.75, 3.05) is 19.6 Å². The molecular formula is C22H32N2O. The predicted molar refractivity (Wildman–Crippen MR) is 108 cm³/mol. The Morgan fingerprint density at radius 2 is 2.04 bits per heavy atom. The Morgan fingerprint density at radius 1 is 1.28 bits per heavy atom. The molecule has 0 aromatic heterocycles. The Bertz CT molecular complexity index is 606. The van der Waals surface area contributed by atoms with Gasteiger partial charge in [0.1, 0.15) is 0 Å². The third-order valence-corrected chi connectivity index (χ3v) is 4.07. The van der Waals surface area contributed by atoms with Gasteiger partial charge in [0.2, 0.25) is 5.91 Å². The summed E-state index contributed by atoms with van der Waals surface area (Å²) in [6.07, 6.45) is 14.7. The number of allylic oxidation sites excluding steroid dienone is 7. The van der Waals surface area contributed by atoms with E-state index in [-0.39, 0.29) is 5.91 Å². The Balaban J connectivity index is 2.59. The van der Waals surface area contributed by atoms with Gasteiger partial charge in [-0.15, -0.1) is 0 Å². The molecule has 25 heavy (non-hydrogen) atoms. The van der Waals surface area contributed by atoms with Crippen molar-refractivity contribution < 1.29 is 4.79 Å². The Morgan fingerprint density at radius 3 is 2.68 bits per heavy atom. The van der Waals surface area contributed by atoms with Gasteiger partial charge in [-0.05, 0) is 48.9 Å². The largest absolute Gasteiger partial charge is 0.352 e. The molecule has 1 aliphatic rings. The summed E-state index contributed by atoms with van der Waals surface area (Å²) in [5.41, 5.74) is 4.18. The van der Waals surface area contributed by atoms with Gasteiger partial charge >= 0.3 is 0 Å². The molecular weight excluding hydrogens is 308 g/mol. The molecule has 0 radical (unpaired) electrons. The average Bonchev–Trinajstić information content (AvgIpc) is 2.59. The summed E-state index contributed by atoms with van der Waals surface area (Å²) < 4.78 is 0. The van der Waals surface area contributed by atoms with Crippen molar-refractivity contribution >= 4 is 5.91 Å². The van der Waals surface area contributed by atoms with Gasteiger partial charge < -0.3 is 10.6 Å². The molecule has 1 aliphatic carbocycles. The third kappa shape index (κ3) is 7.53. The lowest BCUT2D eigenvalue weighted by atomic mass is 9.88. The molecule has 0 aliphatic heterocycles. The fraction of sp³-hybridized carbons (Fsp3) is 0.409. The van der Waals surface area contributed by atoms with Crippen LogP contribution in [0.15, 0.2) is 71.9 Å². The van der Waals surface area contributed by atoms with Gasteiger partial charge in [-0.1, -0.05) is 63.5 Å². The average molecular weight is 341 g/mol. The van der Waals surface area contributed by atoms with E-state index in [4.69, 9.17) is 0 Å². The highest BCUT2D eigenvalue weighted by molar-refractivity contribution is 5.91. The monoisotopic (exact) mass is 340 g/mol. The van der Waals surface area contributed by atoms with Crippen molar-refractivity contribution in [3.8, 4) is 0 Å². The van der Waals surface area contributed by atoms with Crippen molar-refractivity contribution in [2.45, 2.75) is 33.6 Å². The maximum absolute atomic E-state index is 11.4. The van der Waals surface area contributed by atoms with Crippen LogP contribution in [0.5, 0.6) is 0 Å². The van der Waals surface area contributed by atoms with Crippen LogP contribution in [0, 0.1) is 5.92 Å². The minimum atomic E-state index is -0.0751. The van der Waals surface area contributed by atoms with Crippen molar-refractivity contribution in [1.82, 2.24) is 10.6 Å². The molecule has 2 N–H and O–H groups in total. The second kappa shape index (κ2) is 11.4. The van der Waals surface area contributed by atoms with E-state index in [1.807, 2.05) is 0 Å². The number of amides is 1. The van der Waals surface area contributed by atoms with Gasteiger partial charge in [0.25, 0.3) is 0 Å². The molecule has 1 atom stereocenters. The van der Waals surface area contributed by atoms with E-state index >= 15 is 0 Å². The Hall–Kier alpha value is -2.13. The quantitative estimate of drug-likeness (QED) is 0.355. The third-order valence-electron chi connectivity index (χ3n) is 4.07. The number of carbonyl (C=O) groups excluding carboxylic acids is 1. The van der Waals surface area contributed by atoms with Crippen LogP contribution in [-0.2, 0) is 4.79 Å². The first kappa shape index (κ1) is 20.9. The lowest BCUT2D eigenvalue weighted by Crippen LogP contribution is -2.28. The van der Waals surface area contributed by atoms with Crippen LogP contribution < -0.4 is 10.6 Å². The Labute approximate surface area is 153 Å². The second-order valence-corrected chi connectivity index (χ2v) is 6.37. The van der Waals surface area contributed by atoms with E-state index in [1.165, 1.54) is 11.1 Å². The molecule has 0 bridgehead atoms. The van der Waals surface area contributed by atoms with Crippen LogP contribution in [0.1, 0.15) is 33.6 Å². The van der Waals surface area contributed by atoms with Gasteiger partial charge in [-0.2, -0.15) is 0 Å². The summed E-state index contributed by atoms with van der Waals surface area (Å²) >= 11 is 0. The summed E-state index contributed by atoms with van der Waals surface area (Å²) in [5.74, 6) is 0.317. The highest BCUT2D eigenvalue weighted by atomic mass is 16.1. The predicted octanol–water partition coefficient (Wildman–Crippen LogP) is 4.24. The standard InChI is InChI=1S/C22H32N2O/c1-6-7-11-19(5)21(20-13-9-8-12-18(20)4)16-23-14-10-15-24-22(25)17(2)3/h7-9,11-13,18,23H,2,5-6,10,14-16H2,1,3-4H3,(H,24,25)/b11-7-,21-20-. The van der Waals surface area contributed by atoms with Crippen molar-refractivity contribution in [3.05, 3.63) is 71.9 Å². The first-order chi connectivity index (χ1) is 12.0. The van der Waals surface area contributed by atoms with Gasteiger partial charge in [-0.25, -0.2) is 0 Å². The van der Waals surface area contributed by atoms with E-state index in [0.717, 1.165) is 31.5 Å². The van der Waals surface area contributed by atoms with E-state index in [1.54, 1.807) is 6.92 Å². The number of hydrogen-bond acceptors (Lipinski definition) is 2. The maximum Gasteiger partial charge on any atom is 0.246 e. The lowest BCUT2D eigenvalue weighted by molar-refractivity contribution is -0.117. The molecule has 0 saturated carbocycles. The van der Waals surface area contributed by atoms with Gasteiger partial charge in [0.15, 0.2) is 0 Å². The first-order valence-electron chi connectivity index (χ1n) is 9.05. The fourth-order valence-electron chi connectivity index (χ4n) is 2.56. The minimum absolute atomic E-state index is 0.0751. The fourth-order valence-corrected chi connectivity index (χ4v) is 2.56. The molecule has 0 aromatic carbocycles. The molecule has 0 heterocycles. The van der Waals surface area contributed by atoms with Crippen LogP contribution in [-0.4, -0.2) is 25.5 Å². The van der Waals surface area contributed by atoms with E-state index < -0.39 is 0 Å². The number of hydrogen-bond donors (Lipinski definition) is 2. The van der Waals surface area contributed by atoms with Gasteiger partial charge in [-0.3, -0.25) is 4.79 Å². The molecule has 3 nitrogen and oxygen atoms in total. The van der Waals surface area contributed by atoms with Crippen molar-refractivity contribution in [3.63, 3.8) is 0 Å². The lowest BCUT2D eigenvalue weighted by Gasteiger charge is -2.19. The second-order valence-electron chi connectivity index (χ2n) is 6.37. The SMILES string of the molecule is C=C(C)C(=O)NCCCNC/C(C(=C)/C=C\CC)=C1\C=CC=CC1C. The van der Waals surface area contributed by atoms with Crippen LogP contribution in [0.25, 0.3) is 0 Å². The smallest absolute Gasteiger partial charge is 0.246 e. The zero-order valence-electron chi connectivity index (χ0n) is 15.9. The van der Waals surface area contributed by atoms with Crippen LogP contribution in [0.4, 0.5) is 0 Å². The minimum Gasteiger partial charge on any atom is -0.352 e. The summed E-state index contributed by atoms with van der Waals surface area (Å²) in [4.78, 5) is 11.4. The highest BCUT2D eigenvalue weighted by Crippen LogP contribution is 2.25. The maximum atomic E-state index is 11.4. The summed E-state index contributed by atoms with van der Waals surface area (Å²) in [7, 11) is 0. The van der Waals surface area contributed by atoms with Gasteiger partial charge in [0, 0.05) is 18.7 Å². The highest BCUT2D eigenvalue weighted by Gasteiger charge is 2.13. The number of rotatable bonds is 10. The first-order valence-corrected chi connectivity index (χ1v) is 9.05. The molecule has 0 spiro atoms. The normalized spacial score (nSPS) is 18.4. The topological polar surface area (TPSA) is 41.1 Å². The van der Waals surface area contributed by atoms with Crippen LogP contribution in [0.2, 0.25) is 0 Å². The van der Waals surface area contributed by atoms with Crippen LogP contribution in [0.3, 0.4) is 0 Å². The van der Waals surface area contributed by atoms with E-state index in [9.17, 15) is 4.79 Å². The number of nitrogens with one attached hydrogen (secondary N) is 2. The van der Waals surface area contributed by atoms with Gasteiger partial charge in [0.05, 0.1) is 0 Å². The Kier molecular flexibility index (Phi) is 9.56. The molecule has 3 heteroatoms. The van der Waals surface area contributed by atoms with E-state index in [0.29, 0.717) is 18.0 Å². The molecule has 1 unspecified atom stereocenters. The number of carbonyl (C=O) groups is 1. The van der Waals surface area contributed by atoms with Crippen molar-refractivity contribution in [2.24, 2.45) is 5.92 Å². The molecule has 136 valence electrons. The zero-order chi connectivity index (χ0) is 18.7. The summed E-state index contributed by atoms with van der Waals surface area (Å²) in [5, 5.41) is 6.33. The zero-order valence-corrected chi connectivity index (χ0v) is 15.9. The molecule has 1 amide bonds. The molecule has 0 aromatic rings. The molecule has 0 fully saturated rings. The summed E-state index contributed by atoms with van der Waals surface area (Å²) in [6, 6.07) is 0. The molecule has 0 saturated heterocycles. The van der Waals surface area contributed by atoms with E-state index in [2.05, 4.69) is 74.1 Å². The van der Waals surface area contributed by atoms with Crippen molar-refractivity contribution in [1.29, 1.82) is 0 Å². The molecule has 1 rings (SSSR count). The summed E-state index contributed by atoms with van der Waals surface area (Å²) in [6.45, 7) is 16.2. The van der Waals surface area contributed by atoms with Crippen LogP contribution >= 0.6 is 0 Å².